The first-order valence-corrected chi connectivity index (χ1v) is 6.42. The lowest BCUT2D eigenvalue weighted by Crippen LogP contribution is -2.00. The summed E-state index contributed by atoms with van der Waals surface area (Å²) >= 11 is 1.79. The molecule has 0 unspecified atom stereocenters. The third kappa shape index (κ3) is 4.37. The third-order valence-electron chi connectivity index (χ3n) is 2.11. The van der Waals surface area contributed by atoms with E-state index in [2.05, 4.69) is 13.8 Å². The molecule has 88 valence electrons. The van der Waals surface area contributed by atoms with Crippen LogP contribution in [0.25, 0.3) is 0 Å². The van der Waals surface area contributed by atoms with E-state index in [0.29, 0.717) is 18.1 Å². The van der Waals surface area contributed by atoms with Crippen molar-refractivity contribution in [1.29, 1.82) is 0 Å². The summed E-state index contributed by atoms with van der Waals surface area (Å²) in [6.07, 6.45) is 0.967. The van der Waals surface area contributed by atoms with Gasteiger partial charge in [-0.05, 0) is 18.6 Å². The van der Waals surface area contributed by atoms with Crippen molar-refractivity contribution in [3.63, 3.8) is 0 Å². The second-order valence-electron chi connectivity index (χ2n) is 3.94. The molecule has 0 aliphatic carbocycles. The Balaban J connectivity index is 2.60. The smallest absolute Gasteiger partial charge is 0.162 e. The minimum atomic E-state index is 0.0764. The minimum absolute atomic E-state index is 0.0764. The molecule has 0 saturated heterocycles. The molecule has 1 N–H and O–H groups in total. The molecule has 0 aliphatic rings. The molecule has 0 amide bonds. The van der Waals surface area contributed by atoms with Crippen LogP contribution in [0.4, 0.5) is 0 Å². The van der Waals surface area contributed by atoms with E-state index in [1.807, 2.05) is 24.3 Å². The average Bonchev–Trinajstić information content (AvgIpc) is 2.26. The van der Waals surface area contributed by atoms with E-state index < -0.39 is 0 Å². The molecule has 0 radical (unpaired) electrons. The number of hydrogen-bond acceptors (Lipinski definition) is 3. The van der Waals surface area contributed by atoms with Gasteiger partial charge in [0.2, 0.25) is 0 Å². The zero-order valence-electron chi connectivity index (χ0n) is 9.77. The molecule has 0 spiro atoms. The Morgan fingerprint density at radius 2 is 1.94 bits per heavy atom. The second kappa shape index (κ2) is 6.71. The van der Waals surface area contributed by atoms with Crippen molar-refractivity contribution in [3.8, 4) is 0 Å². The highest BCUT2D eigenvalue weighted by molar-refractivity contribution is 7.99. The van der Waals surface area contributed by atoms with E-state index in [0.717, 1.165) is 5.56 Å². The summed E-state index contributed by atoms with van der Waals surface area (Å²) in [6.45, 7) is 4.36. The van der Waals surface area contributed by atoms with Crippen molar-refractivity contribution in [2.45, 2.75) is 36.8 Å². The first-order valence-electron chi connectivity index (χ1n) is 5.54. The van der Waals surface area contributed by atoms with Gasteiger partial charge in [-0.2, -0.15) is 0 Å². The Labute approximate surface area is 101 Å². The number of benzene rings is 1. The summed E-state index contributed by atoms with van der Waals surface area (Å²) in [5.41, 5.74) is 0.738. The minimum Gasteiger partial charge on any atom is -0.396 e. The van der Waals surface area contributed by atoms with Crippen molar-refractivity contribution < 1.29 is 9.90 Å². The van der Waals surface area contributed by atoms with Crippen LogP contribution >= 0.6 is 11.8 Å². The molecule has 1 aromatic carbocycles. The van der Waals surface area contributed by atoms with Crippen LogP contribution in [-0.4, -0.2) is 22.7 Å². The van der Waals surface area contributed by atoms with E-state index in [-0.39, 0.29) is 12.4 Å². The number of thioether (sulfide) groups is 1. The van der Waals surface area contributed by atoms with Gasteiger partial charge in [0.15, 0.2) is 5.78 Å². The fourth-order valence-corrected chi connectivity index (χ4v) is 2.21. The number of aliphatic hydroxyl groups excluding tert-OH is 1. The van der Waals surface area contributed by atoms with Gasteiger partial charge in [-0.3, -0.25) is 4.79 Å². The molecule has 0 atom stereocenters. The highest BCUT2D eigenvalue weighted by atomic mass is 32.2. The lowest BCUT2D eigenvalue weighted by atomic mass is 10.1. The maximum absolute atomic E-state index is 11.6. The molecule has 0 aromatic heterocycles. The topological polar surface area (TPSA) is 37.3 Å². The van der Waals surface area contributed by atoms with E-state index in [9.17, 15) is 4.79 Å². The fourth-order valence-electron chi connectivity index (χ4n) is 1.38. The molecule has 0 saturated carbocycles. The molecule has 16 heavy (non-hydrogen) atoms. The van der Waals surface area contributed by atoms with E-state index >= 15 is 0 Å². The SMILES string of the molecule is CC(C)Sc1ccc(C(=O)CCCO)cc1. The quantitative estimate of drug-likeness (QED) is 0.611. The lowest BCUT2D eigenvalue weighted by Gasteiger charge is -2.05. The van der Waals surface area contributed by atoms with Crippen molar-refractivity contribution in [1.82, 2.24) is 0 Å². The highest BCUT2D eigenvalue weighted by Gasteiger charge is 2.05. The Morgan fingerprint density at radius 1 is 1.31 bits per heavy atom. The van der Waals surface area contributed by atoms with Crippen LogP contribution in [0.5, 0.6) is 0 Å². The predicted molar refractivity (Wildman–Crippen MR) is 68.1 cm³/mol. The van der Waals surface area contributed by atoms with Crippen molar-refractivity contribution >= 4 is 17.5 Å². The largest absolute Gasteiger partial charge is 0.396 e. The molecular formula is C13H18O2S. The predicted octanol–water partition coefficient (Wildman–Crippen LogP) is 3.14. The van der Waals surface area contributed by atoms with Crippen LogP contribution in [0, 0.1) is 0 Å². The summed E-state index contributed by atoms with van der Waals surface area (Å²) in [4.78, 5) is 12.8. The summed E-state index contributed by atoms with van der Waals surface area (Å²) < 4.78 is 0. The molecule has 1 aromatic rings. The van der Waals surface area contributed by atoms with Gasteiger partial charge in [-0.25, -0.2) is 0 Å². The van der Waals surface area contributed by atoms with E-state index in [4.69, 9.17) is 5.11 Å². The third-order valence-corrected chi connectivity index (χ3v) is 3.13. The van der Waals surface area contributed by atoms with E-state index in [1.54, 1.807) is 11.8 Å². The highest BCUT2D eigenvalue weighted by Crippen LogP contribution is 2.23. The van der Waals surface area contributed by atoms with Crippen molar-refractivity contribution in [2.24, 2.45) is 0 Å². The van der Waals surface area contributed by atoms with Crippen LogP contribution in [0.2, 0.25) is 0 Å². The van der Waals surface area contributed by atoms with Gasteiger partial charge in [0, 0.05) is 28.7 Å². The van der Waals surface area contributed by atoms with Crippen molar-refractivity contribution in [2.75, 3.05) is 6.61 Å². The van der Waals surface area contributed by atoms with Crippen LogP contribution in [0.1, 0.15) is 37.0 Å². The molecule has 0 aliphatic heterocycles. The first-order chi connectivity index (χ1) is 7.63. The number of hydrogen-bond donors (Lipinski definition) is 1. The molecule has 3 heteroatoms. The number of aliphatic hydroxyl groups is 1. The molecule has 2 nitrogen and oxygen atoms in total. The molecule has 0 heterocycles. The average molecular weight is 238 g/mol. The van der Waals surface area contributed by atoms with Crippen LogP contribution < -0.4 is 0 Å². The number of rotatable bonds is 6. The lowest BCUT2D eigenvalue weighted by molar-refractivity contribution is 0.0971. The number of Topliss-reactive ketones (excluding diaryl/α,β-unsaturated/α-hetero) is 1. The van der Waals surface area contributed by atoms with Gasteiger partial charge >= 0.3 is 0 Å². The second-order valence-corrected chi connectivity index (χ2v) is 5.59. The summed E-state index contributed by atoms with van der Waals surface area (Å²) in [5, 5.41) is 9.20. The van der Waals surface area contributed by atoms with Gasteiger partial charge < -0.3 is 5.11 Å². The standard InChI is InChI=1S/C13H18O2S/c1-10(2)16-12-7-5-11(6-8-12)13(15)4-3-9-14/h5-8,10,14H,3-4,9H2,1-2H3. The number of carbonyl (C=O) groups excluding carboxylic acids is 1. The molecule has 1 rings (SSSR count). The van der Waals surface area contributed by atoms with Crippen LogP contribution in [0.15, 0.2) is 29.2 Å². The van der Waals surface area contributed by atoms with Gasteiger partial charge in [-0.15, -0.1) is 11.8 Å². The van der Waals surface area contributed by atoms with Crippen molar-refractivity contribution in [3.05, 3.63) is 29.8 Å². The van der Waals surface area contributed by atoms with Gasteiger partial charge in [0.25, 0.3) is 0 Å². The van der Waals surface area contributed by atoms with Gasteiger partial charge in [0.1, 0.15) is 0 Å². The Hall–Kier alpha value is -0.800. The van der Waals surface area contributed by atoms with Crippen LogP contribution in [-0.2, 0) is 0 Å². The van der Waals surface area contributed by atoms with Gasteiger partial charge in [-0.1, -0.05) is 26.0 Å². The normalized spacial score (nSPS) is 10.8. The maximum Gasteiger partial charge on any atom is 0.162 e. The molecule has 0 bridgehead atoms. The van der Waals surface area contributed by atoms with E-state index in [1.165, 1.54) is 4.90 Å². The Kier molecular flexibility index (Phi) is 5.56. The summed E-state index contributed by atoms with van der Waals surface area (Å²) in [5.74, 6) is 0.107. The molecular weight excluding hydrogens is 220 g/mol. The number of ketones is 1. The zero-order chi connectivity index (χ0) is 12.0. The maximum atomic E-state index is 11.6. The first kappa shape index (κ1) is 13.3. The van der Waals surface area contributed by atoms with Crippen LogP contribution in [0.3, 0.4) is 0 Å². The Bertz CT molecular complexity index is 330. The zero-order valence-corrected chi connectivity index (χ0v) is 10.6. The fraction of sp³-hybridized carbons (Fsp3) is 0.462. The monoisotopic (exact) mass is 238 g/mol. The molecule has 0 fully saturated rings. The Morgan fingerprint density at radius 3 is 2.44 bits per heavy atom. The summed E-state index contributed by atoms with van der Waals surface area (Å²) in [7, 11) is 0. The van der Waals surface area contributed by atoms with Gasteiger partial charge in [0.05, 0.1) is 0 Å². The summed E-state index contributed by atoms with van der Waals surface area (Å²) in [6, 6.07) is 7.70. The number of carbonyl (C=O) groups is 1.